The van der Waals surface area contributed by atoms with Gasteiger partial charge in [0.2, 0.25) is 0 Å². The van der Waals surface area contributed by atoms with Crippen LogP contribution in [-0.4, -0.2) is 28.7 Å². The molecule has 0 fully saturated rings. The van der Waals surface area contributed by atoms with E-state index in [1.165, 1.54) is 40.2 Å². The maximum atomic E-state index is 14.2. The Bertz CT molecular complexity index is 2230. The molecule has 1 aliphatic heterocycles. The fraction of sp³-hybridized carbons (Fsp3) is 0.162. The van der Waals surface area contributed by atoms with Gasteiger partial charge in [0.05, 0.1) is 40.0 Å². The van der Waals surface area contributed by atoms with Crippen LogP contribution in [-0.2, 0) is 16.1 Å². The van der Waals surface area contributed by atoms with Gasteiger partial charge in [0.15, 0.2) is 16.3 Å². The zero-order chi connectivity index (χ0) is 34.5. The summed E-state index contributed by atoms with van der Waals surface area (Å²) in [6.45, 7) is 4.17. The average molecular weight is 680 g/mol. The summed E-state index contributed by atoms with van der Waals surface area (Å²) in [5.41, 5.74) is 2.73. The Kier molecular flexibility index (Phi) is 9.77. The number of hydrogen-bond donors (Lipinski definition) is 0. The molecule has 1 atom stereocenters. The van der Waals surface area contributed by atoms with Crippen LogP contribution in [0.4, 0.5) is 10.1 Å². The number of nitrogens with zero attached hydrogens (tertiary/aromatic N) is 3. The summed E-state index contributed by atoms with van der Waals surface area (Å²) >= 11 is 1.17. The van der Waals surface area contributed by atoms with Crippen LogP contribution >= 0.6 is 11.3 Å². The lowest BCUT2D eigenvalue weighted by Crippen LogP contribution is -2.40. The molecule has 248 valence electrons. The zero-order valence-corrected chi connectivity index (χ0v) is 27.3. The van der Waals surface area contributed by atoms with Gasteiger partial charge in [0.1, 0.15) is 12.4 Å². The zero-order valence-electron chi connectivity index (χ0n) is 26.5. The average Bonchev–Trinajstić information content (AvgIpc) is 3.42. The van der Waals surface area contributed by atoms with Gasteiger partial charge in [-0.15, -0.1) is 0 Å². The maximum Gasteiger partial charge on any atom is 0.338 e. The lowest BCUT2D eigenvalue weighted by Gasteiger charge is -2.25. The molecule has 0 radical (unpaired) electrons. The Morgan fingerprint density at radius 1 is 0.959 bits per heavy atom. The van der Waals surface area contributed by atoms with Crippen LogP contribution in [0.25, 0.3) is 11.8 Å². The molecule has 0 aliphatic carbocycles. The first-order valence-electron chi connectivity index (χ1n) is 15.4. The van der Waals surface area contributed by atoms with Crippen LogP contribution in [0.3, 0.4) is 0 Å². The number of esters is 1. The molecular formula is C37H30FN3O7S. The first-order chi connectivity index (χ1) is 23.8. The predicted octanol–water partition coefficient (Wildman–Crippen LogP) is 5.96. The van der Waals surface area contributed by atoms with E-state index in [1.807, 2.05) is 37.3 Å². The number of nitro benzene ring substituents is 1. The summed E-state index contributed by atoms with van der Waals surface area (Å²) in [5, 5.41) is 11.0. The van der Waals surface area contributed by atoms with E-state index in [2.05, 4.69) is 0 Å². The normalized spacial score (nSPS) is 14.2. The van der Waals surface area contributed by atoms with E-state index in [4.69, 9.17) is 19.2 Å². The smallest absolute Gasteiger partial charge is 0.338 e. The fourth-order valence-electron chi connectivity index (χ4n) is 5.43. The Balaban J connectivity index is 1.43. The number of aromatic nitrogens is 1. The molecule has 6 rings (SSSR count). The topological polar surface area (TPSA) is 122 Å². The van der Waals surface area contributed by atoms with Gasteiger partial charge in [-0.1, -0.05) is 59.9 Å². The second kappa shape index (κ2) is 14.5. The van der Waals surface area contributed by atoms with Crippen LogP contribution in [0, 0.1) is 15.9 Å². The quantitative estimate of drug-likeness (QED) is 0.0959. The first-order valence-corrected chi connectivity index (χ1v) is 16.3. The summed E-state index contributed by atoms with van der Waals surface area (Å²) in [5.74, 6) is -0.168. The Morgan fingerprint density at radius 2 is 1.69 bits per heavy atom. The number of non-ortho nitro benzene ring substituents is 1. The molecule has 2 heterocycles. The van der Waals surface area contributed by atoms with E-state index >= 15 is 0 Å². The summed E-state index contributed by atoms with van der Waals surface area (Å²) in [4.78, 5) is 43.5. The number of thiazole rings is 1. The van der Waals surface area contributed by atoms with Crippen molar-refractivity contribution < 1.29 is 28.3 Å². The molecule has 10 nitrogen and oxygen atoms in total. The van der Waals surface area contributed by atoms with Crippen molar-refractivity contribution in [1.82, 2.24) is 4.57 Å². The molecule has 0 spiro atoms. The minimum atomic E-state index is -0.928. The van der Waals surface area contributed by atoms with Crippen LogP contribution in [0.5, 0.6) is 11.5 Å². The van der Waals surface area contributed by atoms with E-state index in [-0.39, 0.29) is 30.0 Å². The van der Waals surface area contributed by atoms with Crippen molar-refractivity contribution in [2.45, 2.75) is 26.5 Å². The minimum absolute atomic E-state index is 0.00854. The fourth-order valence-corrected chi connectivity index (χ4v) is 6.43. The molecule has 49 heavy (non-hydrogen) atoms. The number of ether oxygens (including phenoxy) is 3. The third-order valence-electron chi connectivity index (χ3n) is 7.67. The van der Waals surface area contributed by atoms with Gasteiger partial charge in [-0.3, -0.25) is 19.5 Å². The standard InChI is InChI=1S/C37H30FN3O7S/c1-3-46-30-20-24(12-19-29(30)48-22-23-10-17-28(18-11-23)41(44)45)21-31-35(42)40-34(26-13-15-27(38)16-14-26)32(36(43)47-4-2)33(39-37(40)49-31)25-8-6-5-7-9-25/h5-21,34H,3-4,22H2,1-2H3/b31-21-/t34-/m0/s1. The third-order valence-corrected chi connectivity index (χ3v) is 8.65. The molecule has 5 aromatic rings. The van der Waals surface area contributed by atoms with Gasteiger partial charge in [-0.05, 0) is 73.0 Å². The number of nitro groups is 1. The highest BCUT2D eigenvalue weighted by molar-refractivity contribution is 7.07. The number of carbonyl (C=O) groups excluding carboxylic acids is 1. The number of halogens is 1. The highest BCUT2D eigenvalue weighted by Crippen LogP contribution is 2.35. The SMILES string of the molecule is CCOC(=O)C1=C(c2ccccc2)N=c2s/c(=C\c3ccc(OCc4ccc([N+](=O)[O-])cc4)c(OCC)c3)c(=O)n2[C@H]1c1ccc(F)cc1. The van der Waals surface area contributed by atoms with Crippen molar-refractivity contribution >= 4 is 34.8 Å². The van der Waals surface area contributed by atoms with Crippen LogP contribution < -0.4 is 24.4 Å². The molecule has 0 bridgehead atoms. The molecule has 0 unspecified atom stereocenters. The van der Waals surface area contributed by atoms with Crippen molar-refractivity contribution in [1.29, 1.82) is 0 Å². The van der Waals surface area contributed by atoms with E-state index < -0.39 is 22.8 Å². The molecule has 1 aliphatic rings. The number of carbonyl (C=O) groups is 1. The molecule has 0 saturated heterocycles. The third kappa shape index (κ3) is 7.04. The summed E-state index contributed by atoms with van der Waals surface area (Å²) in [6.07, 6.45) is 1.71. The molecular weight excluding hydrogens is 649 g/mol. The lowest BCUT2D eigenvalue weighted by molar-refractivity contribution is -0.384. The summed E-state index contributed by atoms with van der Waals surface area (Å²) in [6, 6.07) is 25.3. The highest BCUT2D eigenvalue weighted by atomic mass is 32.1. The monoisotopic (exact) mass is 679 g/mol. The van der Waals surface area contributed by atoms with Gasteiger partial charge >= 0.3 is 5.97 Å². The maximum absolute atomic E-state index is 14.2. The largest absolute Gasteiger partial charge is 0.490 e. The first kappa shape index (κ1) is 33.0. The molecule has 0 amide bonds. The van der Waals surface area contributed by atoms with E-state index in [1.54, 1.807) is 55.5 Å². The Hall–Kier alpha value is -5.88. The van der Waals surface area contributed by atoms with Crippen molar-refractivity contribution in [2.75, 3.05) is 13.2 Å². The van der Waals surface area contributed by atoms with Crippen molar-refractivity contribution in [3.63, 3.8) is 0 Å². The van der Waals surface area contributed by atoms with E-state index in [0.29, 0.717) is 49.8 Å². The molecule has 12 heteroatoms. The number of rotatable bonds is 11. The minimum Gasteiger partial charge on any atom is -0.490 e. The van der Waals surface area contributed by atoms with Gasteiger partial charge in [0, 0.05) is 17.7 Å². The number of fused-ring (bicyclic) bond motifs is 1. The molecule has 1 aromatic heterocycles. The van der Waals surface area contributed by atoms with E-state index in [0.717, 1.165) is 5.56 Å². The van der Waals surface area contributed by atoms with Gasteiger partial charge < -0.3 is 14.2 Å². The molecule has 0 saturated carbocycles. The predicted molar refractivity (Wildman–Crippen MR) is 183 cm³/mol. The summed E-state index contributed by atoms with van der Waals surface area (Å²) < 4.78 is 33.2. The second-order valence-corrected chi connectivity index (χ2v) is 11.8. The van der Waals surface area contributed by atoms with Crippen molar-refractivity contribution in [3.8, 4) is 11.5 Å². The van der Waals surface area contributed by atoms with Gasteiger partial charge in [-0.2, -0.15) is 0 Å². The van der Waals surface area contributed by atoms with Crippen molar-refractivity contribution in [2.24, 2.45) is 4.99 Å². The highest BCUT2D eigenvalue weighted by Gasteiger charge is 2.35. The Morgan fingerprint density at radius 3 is 2.37 bits per heavy atom. The van der Waals surface area contributed by atoms with Gasteiger partial charge in [-0.25, -0.2) is 14.2 Å². The van der Waals surface area contributed by atoms with Crippen LogP contribution in [0.2, 0.25) is 0 Å². The molecule has 0 N–H and O–H groups in total. The summed E-state index contributed by atoms with van der Waals surface area (Å²) in [7, 11) is 0. The lowest BCUT2D eigenvalue weighted by atomic mass is 9.93. The Labute approximate surface area is 283 Å². The second-order valence-electron chi connectivity index (χ2n) is 10.8. The number of benzene rings is 4. The molecule has 4 aromatic carbocycles. The van der Waals surface area contributed by atoms with Crippen molar-refractivity contribution in [3.05, 3.63) is 161 Å². The van der Waals surface area contributed by atoms with Crippen LogP contribution in [0.1, 0.15) is 42.1 Å². The van der Waals surface area contributed by atoms with Crippen LogP contribution in [0.15, 0.2) is 112 Å². The number of hydrogen-bond acceptors (Lipinski definition) is 9. The van der Waals surface area contributed by atoms with E-state index in [9.17, 15) is 24.1 Å². The van der Waals surface area contributed by atoms with Gasteiger partial charge in [0.25, 0.3) is 11.2 Å².